The van der Waals surface area contributed by atoms with Crippen molar-refractivity contribution in [2.45, 2.75) is 46.7 Å². The van der Waals surface area contributed by atoms with E-state index in [1.54, 1.807) is 13.0 Å². The molecule has 0 saturated carbocycles. The summed E-state index contributed by atoms with van der Waals surface area (Å²) >= 11 is 0. The predicted octanol–water partition coefficient (Wildman–Crippen LogP) is 4.57. The molecule has 4 heteroatoms. The molecule has 0 unspecified atom stereocenters. The van der Waals surface area contributed by atoms with Gasteiger partial charge < -0.3 is 5.73 Å². The first-order valence-electron chi connectivity index (χ1n) is 6.70. The van der Waals surface area contributed by atoms with Crippen LogP contribution in [0.4, 0.5) is 13.2 Å². The molecule has 0 aromatic heterocycles. The maximum absolute atomic E-state index is 12.6. The lowest BCUT2D eigenvalue weighted by molar-refractivity contribution is -0.137. The van der Waals surface area contributed by atoms with E-state index in [9.17, 15) is 13.2 Å². The maximum Gasteiger partial charge on any atom is 0.416 e. The second-order valence-electron chi connectivity index (χ2n) is 4.58. The van der Waals surface area contributed by atoms with Crippen LogP contribution < -0.4 is 5.73 Å². The number of hydrogen-bond acceptors (Lipinski definition) is 1. The van der Waals surface area contributed by atoms with E-state index in [-0.39, 0.29) is 0 Å². The van der Waals surface area contributed by atoms with Crippen LogP contribution in [0.3, 0.4) is 0 Å². The van der Waals surface area contributed by atoms with Gasteiger partial charge in [-0.3, -0.25) is 0 Å². The van der Waals surface area contributed by atoms with Crippen LogP contribution in [-0.4, -0.2) is 6.54 Å². The van der Waals surface area contributed by atoms with Crippen LogP contribution in [0.2, 0.25) is 0 Å². The molecule has 0 spiro atoms. The van der Waals surface area contributed by atoms with E-state index >= 15 is 0 Å². The molecule has 0 aliphatic rings. The Morgan fingerprint density at radius 3 is 2.21 bits per heavy atom. The van der Waals surface area contributed by atoms with Crippen molar-refractivity contribution in [3.63, 3.8) is 0 Å². The van der Waals surface area contributed by atoms with Crippen LogP contribution in [0.1, 0.15) is 43.9 Å². The Labute approximate surface area is 114 Å². The van der Waals surface area contributed by atoms with E-state index in [0.29, 0.717) is 24.4 Å². The van der Waals surface area contributed by atoms with Crippen LogP contribution in [-0.2, 0) is 12.6 Å². The van der Waals surface area contributed by atoms with Gasteiger partial charge in [0.15, 0.2) is 0 Å². The van der Waals surface area contributed by atoms with Crippen molar-refractivity contribution in [1.82, 2.24) is 0 Å². The highest BCUT2D eigenvalue weighted by molar-refractivity contribution is 5.31. The van der Waals surface area contributed by atoms with E-state index in [4.69, 9.17) is 5.73 Å². The SMILES string of the molecule is CC.Cc1cc(CC[C@@H](C)CN)cc(C(F)(F)F)c1. The van der Waals surface area contributed by atoms with Gasteiger partial charge in [-0.05, 0) is 49.9 Å². The Hall–Kier alpha value is -1.03. The lowest BCUT2D eigenvalue weighted by Gasteiger charge is -2.12. The Kier molecular flexibility index (Phi) is 7.76. The van der Waals surface area contributed by atoms with Gasteiger partial charge in [0.2, 0.25) is 0 Å². The van der Waals surface area contributed by atoms with E-state index in [1.165, 1.54) is 12.1 Å². The summed E-state index contributed by atoms with van der Waals surface area (Å²) < 4.78 is 37.8. The van der Waals surface area contributed by atoms with Gasteiger partial charge in [-0.2, -0.15) is 13.2 Å². The molecule has 0 radical (unpaired) electrons. The fourth-order valence-corrected chi connectivity index (χ4v) is 1.70. The second kappa shape index (κ2) is 8.20. The lowest BCUT2D eigenvalue weighted by Crippen LogP contribution is -2.12. The summed E-state index contributed by atoms with van der Waals surface area (Å²) in [5, 5.41) is 0. The molecule has 0 bridgehead atoms. The quantitative estimate of drug-likeness (QED) is 0.856. The van der Waals surface area contributed by atoms with E-state index in [2.05, 4.69) is 0 Å². The van der Waals surface area contributed by atoms with Gasteiger partial charge in [0.05, 0.1) is 5.56 Å². The summed E-state index contributed by atoms with van der Waals surface area (Å²) in [6.45, 7) is 8.25. The average Bonchev–Trinajstić information content (AvgIpc) is 2.36. The minimum absolute atomic E-state index is 0.338. The molecule has 1 rings (SSSR count). The molecule has 1 aromatic rings. The molecule has 0 aliphatic heterocycles. The third-order valence-electron chi connectivity index (χ3n) is 2.79. The zero-order valence-electron chi connectivity index (χ0n) is 12.1. The van der Waals surface area contributed by atoms with Crippen molar-refractivity contribution in [3.05, 3.63) is 34.9 Å². The molecule has 0 fully saturated rings. The maximum atomic E-state index is 12.6. The first-order valence-corrected chi connectivity index (χ1v) is 6.70. The summed E-state index contributed by atoms with van der Waals surface area (Å²) in [6, 6.07) is 4.21. The molecule has 0 heterocycles. The minimum Gasteiger partial charge on any atom is -0.330 e. The predicted molar refractivity (Wildman–Crippen MR) is 74.1 cm³/mol. The van der Waals surface area contributed by atoms with Gasteiger partial charge in [0, 0.05) is 0 Å². The fraction of sp³-hybridized carbons (Fsp3) is 0.600. The lowest BCUT2D eigenvalue weighted by atomic mass is 9.98. The number of benzene rings is 1. The van der Waals surface area contributed by atoms with Crippen molar-refractivity contribution in [2.75, 3.05) is 6.54 Å². The molecule has 2 N–H and O–H groups in total. The Balaban J connectivity index is 0.00000154. The molecule has 110 valence electrons. The summed E-state index contributed by atoms with van der Waals surface area (Å²) in [4.78, 5) is 0. The number of halogens is 3. The van der Waals surface area contributed by atoms with Crippen molar-refractivity contribution in [3.8, 4) is 0 Å². The van der Waals surface area contributed by atoms with E-state index in [0.717, 1.165) is 12.0 Å². The number of hydrogen-bond donors (Lipinski definition) is 1. The monoisotopic (exact) mass is 275 g/mol. The van der Waals surface area contributed by atoms with Crippen LogP contribution in [0, 0.1) is 12.8 Å². The first kappa shape index (κ1) is 18.0. The van der Waals surface area contributed by atoms with Crippen LogP contribution in [0.15, 0.2) is 18.2 Å². The Morgan fingerprint density at radius 2 is 1.74 bits per heavy atom. The van der Waals surface area contributed by atoms with Crippen LogP contribution in [0.5, 0.6) is 0 Å². The zero-order valence-corrected chi connectivity index (χ0v) is 12.1. The summed E-state index contributed by atoms with van der Waals surface area (Å²) in [6.07, 6.45) is -2.80. The summed E-state index contributed by atoms with van der Waals surface area (Å²) in [5.74, 6) is 0.338. The summed E-state index contributed by atoms with van der Waals surface area (Å²) in [7, 11) is 0. The number of rotatable bonds is 4. The average molecular weight is 275 g/mol. The highest BCUT2D eigenvalue weighted by Gasteiger charge is 2.30. The summed E-state index contributed by atoms with van der Waals surface area (Å²) in [5.41, 5.74) is 6.31. The van der Waals surface area contributed by atoms with Crippen molar-refractivity contribution >= 4 is 0 Å². The first-order chi connectivity index (χ1) is 8.82. The second-order valence-corrected chi connectivity index (χ2v) is 4.58. The van der Waals surface area contributed by atoms with Gasteiger partial charge in [-0.25, -0.2) is 0 Å². The smallest absolute Gasteiger partial charge is 0.330 e. The van der Waals surface area contributed by atoms with Crippen LogP contribution >= 0.6 is 0 Å². The van der Waals surface area contributed by atoms with Gasteiger partial charge in [-0.15, -0.1) is 0 Å². The van der Waals surface area contributed by atoms with Gasteiger partial charge in [0.25, 0.3) is 0 Å². The molecule has 1 atom stereocenters. The highest BCUT2D eigenvalue weighted by Crippen LogP contribution is 2.31. The molecule has 0 aliphatic carbocycles. The third-order valence-corrected chi connectivity index (χ3v) is 2.79. The largest absolute Gasteiger partial charge is 0.416 e. The van der Waals surface area contributed by atoms with Crippen LogP contribution in [0.25, 0.3) is 0 Å². The third kappa shape index (κ3) is 6.62. The molecule has 19 heavy (non-hydrogen) atoms. The fourth-order valence-electron chi connectivity index (χ4n) is 1.70. The van der Waals surface area contributed by atoms with Gasteiger partial charge >= 0.3 is 6.18 Å². The Bertz CT molecular complexity index is 372. The molecular formula is C15H24F3N. The van der Waals surface area contributed by atoms with Gasteiger partial charge in [-0.1, -0.05) is 32.4 Å². The number of aryl methyl sites for hydroxylation is 2. The van der Waals surface area contributed by atoms with Crippen molar-refractivity contribution < 1.29 is 13.2 Å². The molecule has 1 nitrogen and oxygen atoms in total. The number of alkyl halides is 3. The Morgan fingerprint density at radius 1 is 1.16 bits per heavy atom. The van der Waals surface area contributed by atoms with Crippen molar-refractivity contribution in [2.24, 2.45) is 11.7 Å². The number of nitrogens with two attached hydrogens (primary N) is 1. The van der Waals surface area contributed by atoms with Crippen molar-refractivity contribution in [1.29, 1.82) is 0 Å². The molecule has 0 amide bonds. The standard InChI is InChI=1S/C13H18F3N.C2H6/c1-9(8-17)3-4-11-5-10(2)6-12(7-11)13(14,15)16;1-2/h5-7,9H,3-4,8,17H2,1-2H3;1-2H3/t9-;/m1./s1. The molecule has 0 saturated heterocycles. The normalized spacial score (nSPS) is 12.6. The topological polar surface area (TPSA) is 26.0 Å². The minimum atomic E-state index is -4.26. The van der Waals surface area contributed by atoms with Gasteiger partial charge in [0.1, 0.15) is 0 Å². The molecule has 1 aromatic carbocycles. The van der Waals surface area contributed by atoms with E-state index in [1.807, 2.05) is 20.8 Å². The zero-order chi connectivity index (χ0) is 15.1. The highest BCUT2D eigenvalue weighted by atomic mass is 19.4. The van der Waals surface area contributed by atoms with E-state index < -0.39 is 11.7 Å². The molecular weight excluding hydrogens is 251 g/mol.